The zero-order valence-corrected chi connectivity index (χ0v) is 16.3. The molecule has 2 N–H and O–H groups in total. The zero-order valence-electron chi connectivity index (χ0n) is 16.3. The molecular weight excluding hydrogens is 352 g/mol. The highest BCUT2D eigenvalue weighted by Gasteiger charge is 2.42. The minimum absolute atomic E-state index is 0.126. The van der Waals surface area contributed by atoms with Gasteiger partial charge in [-0.1, -0.05) is 36.8 Å². The normalized spacial score (nSPS) is 25.2. The number of nitrogens with one attached hydrogen (secondary N) is 2. The second kappa shape index (κ2) is 8.21. The van der Waals surface area contributed by atoms with E-state index < -0.39 is 6.04 Å². The summed E-state index contributed by atoms with van der Waals surface area (Å²) >= 11 is 0. The lowest BCUT2D eigenvalue weighted by Gasteiger charge is -2.30. The van der Waals surface area contributed by atoms with E-state index in [1.54, 1.807) is 12.1 Å². The van der Waals surface area contributed by atoms with Crippen LogP contribution in [-0.2, 0) is 11.2 Å². The molecule has 1 aromatic heterocycles. The summed E-state index contributed by atoms with van der Waals surface area (Å²) in [5.74, 6) is 1.86. The molecule has 4 rings (SSSR count). The average Bonchev–Trinajstić information content (AvgIpc) is 3.46. The molecule has 1 aromatic carbocycles. The van der Waals surface area contributed by atoms with E-state index in [0.717, 1.165) is 17.4 Å². The van der Waals surface area contributed by atoms with Crippen molar-refractivity contribution in [1.82, 2.24) is 10.6 Å². The Balaban J connectivity index is 1.43. The van der Waals surface area contributed by atoms with Crippen LogP contribution < -0.4 is 10.6 Å². The summed E-state index contributed by atoms with van der Waals surface area (Å²) in [4.78, 5) is 25.5. The molecule has 5 nitrogen and oxygen atoms in total. The highest BCUT2D eigenvalue weighted by Crippen LogP contribution is 2.49. The fourth-order valence-electron chi connectivity index (χ4n) is 5.03. The van der Waals surface area contributed by atoms with Gasteiger partial charge in [-0.15, -0.1) is 0 Å². The van der Waals surface area contributed by atoms with Crippen LogP contribution in [0.4, 0.5) is 0 Å². The summed E-state index contributed by atoms with van der Waals surface area (Å²) in [5, 5.41) is 6.05. The van der Waals surface area contributed by atoms with Crippen molar-refractivity contribution in [2.24, 2.45) is 17.8 Å². The van der Waals surface area contributed by atoms with Crippen molar-refractivity contribution >= 4 is 11.8 Å². The van der Waals surface area contributed by atoms with Gasteiger partial charge in [0, 0.05) is 12.5 Å². The summed E-state index contributed by atoms with van der Waals surface area (Å²) in [6.45, 7) is 2.11. The lowest BCUT2D eigenvalue weighted by molar-refractivity contribution is -0.124. The SMILES string of the molecule is CC(NC(=O)C(Cc1ccccc1)NC(=O)c1ccco1)C1CC2CCC1C2. The molecule has 2 amide bonds. The number of hydrogen-bond donors (Lipinski definition) is 2. The third kappa shape index (κ3) is 4.13. The maximum Gasteiger partial charge on any atom is 0.287 e. The fraction of sp³-hybridized carbons (Fsp3) is 0.478. The van der Waals surface area contributed by atoms with Gasteiger partial charge in [0.2, 0.25) is 5.91 Å². The van der Waals surface area contributed by atoms with Gasteiger partial charge in [0.25, 0.3) is 5.91 Å². The van der Waals surface area contributed by atoms with Gasteiger partial charge >= 0.3 is 0 Å². The number of carbonyl (C=O) groups excluding carboxylic acids is 2. The van der Waals surface area contributed by atoms with Gasteiger partial charge in [-0.05, 0) is 61.6 Å². The van der Waals surface area contributed by atoms with Crippen molar-refractivity contribution in [1.29, 1.82) is 0 Å². The smallest absolute Gasteiger partial charge is 0.287 e. The van der Waals surface area contributed by atoms with Crippen molar-refractivity contribution in [3.63, 3.8) is 0 Å². The number of benzene rings is 1. The molecule has 0 radical (unpaired) electrons. The highest BCUT2D eigenvalue weighted by atomic mass is 16.3. The molecule has 5 heteroatoms. The van der Waals surface area contributed by atoms with Crippen LogP contribution in [0.1, 0.15) is 48.7 Å². The number of rotatable bonds is 7. The molecule has 2 saturated carbocycles. The van der Waals surface area contributed by atoms with Crippen molar-refractivity contribution < 1.29 is 14.0 Å². The third-order valence-electron chi connectivity index (χ3n) is 6.45. The largest absolute Gasteiger partial charge is 0.459 e. The summed E-state index contributed by atoms with van der Waals surface area (Å²) in [6, 6.07) is 12.5. The number of fused-ring (bicyclic) bond motifs is 2. The number of carbonyl (C=O) groups is 2. The van der Waals surface area contributed by atoms with Gasteiger partial charge in [0.1, 0.15) is 6.04 Å². The molecule has 2 aliphatic rings. The minimum Gasteiger partial charge on any atom is -0.459 e. The van der Waals surface area contributed by atoms with Gasteiger partial charge in [-0.25, -0.2) is 0 Å². The molecule has 0 aliphatic heterocycles. The molecule has 0 spiro atoms. The molecule has 1 heterocycles. The molecule has 2 aromatic rings. The second-order valence-electron chi connectivity index (χ2n) is 8.33. The van der Waals surface area contributed by atoms with Crippen LogP contribution >= 0.6 is 0 Å². The molecule has 2 fully saturated rings. The Morgan fingerprint density at radius 1 is 1.07 bits per heavy atom. The molecule has 0 saturated heterocycles. The predicted molar refractivity (Wildman–Crippen MR) is 107 cm³/mol. The van der Waals surface area contributed by atoms with Crippen molar-refractivity contribution in [3.05, 3.63) is 60.1 Å². The first kappa shape index (κ1) is 18.8. The van der Waals surface area contributed by atoms with Crippen LogP contribution in [0.25, 0.3) is 0 Å². The average molecular weight is 380 g/mol. The van der Waals surface area contributed by atoms with E-state index in [1.807, 2.05) is 30.3 Å². The summed E-state index contributed by atoms with van der Waals surface area (Å²) < 4.78 is 5.18. The number of amides is 2. The predicted octanol–water partition coefficient (Wildman–Crippen LogP) is 3.56. The first-order valence-electron chi connectivity index (χ1n) is 10.3. The Bertz CT molecular complexity index is 803. The van der Waals surface area contributed by atoms with E-state index in [0.29, 0.717) is 12.3 Å². The lowest BCUT2D eigenvalue weighted by atomic mass is 9.84. The van der Waals surface area contributed by atoms with Gasteiger partial charge in [-0.3, -0.25) is 9.59 Å². The summed E-state index contributed by atoms with van der Waals surface area (Å²) in [7, 11) is 0. The topological polar surface area (TPSA) is 71.3 Å². The lowest BCUT2D eigenvalue weighted by Crippen LogP contribution is -2.52. The molecule has 2 bridgehead atoms. The molecule has 2 aliphatic carbocycles. The highest BCUT2D eigenvalue weighted by molar-refractivity contribution is 5.95. The molecule has 28 heavy (non-hydrogen) atoms. The maximum atomic E-state index is 13.1. The standard InChI is InChI=1S/C23H28N2O3/c1-15(19-13-17-9-10-18(19)12-17)24-22(26)20(14-16-6-3-2-4-7-16)25-23(27)21-8-5-11-28-21/h2-8,11,15,17-20H,9-10,12-14H2,1H3,(H,24,26)(H,25,27). The Kier molecular flexibility index (Phi) is 5.51. The van der Waals surface area contributed by atoms with Crippen LogP contribution in [0.2, 0.25) is 0 Å². The molecule has 148 valence electrons. The Morgan fingerprint density at radius 3 is 2.54 bits per heavy atom. The van der Waals surface area contributed by atoms with Crippen LogP contribution in [0.3, 0.4) is 0 Å². The molecule has 5 unspecified atom stereocenters. The van der Waals surface area contributed by atoms with Crippen LogP contribution in [0.5, 0.6) is 0 Å². The quantitative estimate of drug-likeness (QED) is 0.771. The van der Waals surface area contributed by atoms with Crippen molar-refractivity contribution in [2.45, 2.75) is 51.1 Å². The fourth-order valence-corrected chi connectivity index (χ4v) is 5.03. The van der Waals surface area contributed by atoms with Crippen molar-refractivity contribution in [2.75, 3.05) is 0 Å². The monoisotopic (exact) mass is 380 g/mol. The molecular formula is C23H28N2O3. The van der Waals surface area contributed by atoms with Gasteiger partial charge < -0.3 is 15.1 Å². The molecule has 5 atom stereocenters. The van der Waals surface area contributed by atoms with Crippen molar-refractivity contribution in [3.8, 4) is 0 Å². The number of furan rings is 1. The van der Waals surface area contributed by atoms with E-state index in [1.165, 1.54) is 31.9 Å². The van der Waals surface area contributed by atoms with E-state index in [4.69, 9.17) is 4.42 Å². The van der Waals surface area contributed by atoms with E-state index in [2.05, 4.69) is 17.6 Å². The maximum absolute atomic E-state index is 13.1. The van der Waals surface area contributed by atoms with Gasteiger partial charge in [0.15, 0.2) is 5.76 Å². The first-order chi connectivity index (χ1) is 13.6. The number of hydrogen-bond acceptors (Lipinski definition) is 3. The van der Waals surface area contributed by atoms with E-state index in [9.17, 15) is 9.59 Å². The van der Waals surface area contributed by atoms with Crippen LogP contribution in [-0.4, -0.2) is 23.9 Å². The summed E-state index contributed by atoms with van der Waals surface area (Å²) in [6.07, 6.45) is 7.07. The van der Waals surface area contributed by atoms with Crippen LogP contribution in [0.15, 0.2) is 53.1 Å². The third-order valence-corrected chi connectivity index (χ3v) is 6.45. The van der Waals surface area contributed by atoms with E-state index >= 15 is 0 Å². The Morgan fingerprint density at radius 2 is 1.89 bits per heavy atom. The first-order valence-corrected chi connectivity index (χ1v) is 10.3. The van der Waals surface area contributed by atoms with E-state index in [-0.39, 0.29) is 23.6 Å². The van der Waals surface area contributed by atoms with Crippen LogP contribution in [0, 0.1) is 17.8 Å². The Labute approximate surface area is 165 Å². The summed E-state index contributed by atoms with van der Waals surface area (Å²) in [5.41, 5.74) is 1.01. The minimum atomic E-state index is -0.638. The second-order valence-corrected chi connectivity index (χ2v) is 8.33. The Hall–Kier alpha value is -2.56. The van der Waals surface area contributed by atoms with Gasteiger partial charge in [-0.2, -0.15) is 0 Å². The van der Waals surface area contributed by atoms with Gasteiger partial charge in [0.05, 0.1) is 6.26 Å². The zero-order chi connectivity index (χ0) is 19.5.